The Kier molecular flexibility index (Phi) is 6.81. The molecule has 0 heterocycles. The molecule has 2 N–H and O–H groups in total. The standard InChI is InChI=1S/C19H20N2O3/c20-12-11-15-4-3-5-17(14-15)16-7-9-18(10-8-16)24-13-2-1-6-19(22)21-23/h3-5,7-10,14,23H,1-2,6,11,13H2,(H,21,22). The van der Waals surface area contributed by atoms with Crippen LogP contribution in [0.2, 0.25) is 0 Å². The highest BCUT2D eigenvalue weighted by molar-refractivity contribution is 5.74. The number of carbonyl (C=O) groups is 1. The second-order valence-electron chi connectivity index (χ2n) is 5.40. The van der Waals surface area contributed by atoms with Gasteiger partial charge in [0, 0.05) is 6.42 Å². The lowest BCUT2D eigenvalue weighted by molar-refractivity contribution is -0.129. The molecule has 0 unspecified atom stereocenters. The summed E-state index contributed by atoms with van der Waals surface area (Å²) in [6.07, 6.45) is 2.10. The van der Waals surface area contributed by atoms with Crippen molar-refractivity contribution in [2.24, 2.45) is 0 Å². The minimum atomic E-state index is -0.377. The first kappa shape index (κ1) is 17.5. The van der Waals surface area contributed by atoms with Crippen LogP contribution >= 0.6 is 0 Å². The van der Waals surface area contributed by atoms with E-state index in [1.165, 1.54) is 0 Å². The van der Waals surface area contributed by atoms with E-state index in [1.807, 2.05) is 48.5 Å². The minimum Gasteiger partial charge on any atom is -0.494 e. The highest BCUT2D eigenvalue weighted by Gasteiger charge is 2.02. The van der Waals surface area contributed by atoms with Crippen molar-refractivity contribution in [1.29, 1.82) is 5.26 Å². The third-order valence-electron chi connectivity index (χ3n) is 3.59. The van der Waals surface area contributed by atoms with Crippen LogP contribution in [0.15, 0.2) is 48.5 Å². The Bertz CT molecular complexity index is 705. The number of unbranched alkanes of at least 4 members (excludes halogenated alkanes) is 1. The largest absolute Gasteiger partial charge is 0.494 e. The lowest BCUT2D eigenvalue weighted by Gasteiger charge is -2.08. The normalized spacial score (nSPS) is 10.0. The average Bonchev–Trinajstić information content (AvgIpc) is 2.62. The molecule has 5 nitrogen and oxygen atoms in total. The second-order valence-corrected chi connectivity index (χ2v) is 5.40. The van der Waals surface area contributed by atoms with Crippen LogP contribution in [0.4, 0.5) is 0 Å². The Morgan fingerprint density at radius 3 is 2.62 bits per heavy atom. The lowest BCUT2D eigenvalue weighted by Crippen LogP contribution is -2.18. The van der Waals surface area contributed by atoms with Crippen LogP contribution in [0.3, 0.4) is 0 Å². The van der Waals surface area contributed by atoms with Gasteiger partial charge in [0.15, 0.2) is 0 Å². The van der Waals surface area contributed by atoms with Gasteiger partial charge in [0.1, 0.15) is 5.75 Å². The van der Waals surface area contributed by atoms with Gasteiger partial charge in [-0.1, -0.05) is 36.4 Å². The maximum Gasteiger partial charge on any atom is 0.243 e. The predicted molar refractivity (Wildman–Crippen MR) is 90.5 cm³/mol. The molecule has 2 aromatic carbocycles. The summed E-state index contributed by atoms with van der Waals surface area (Å²) in [6, 6.07) is 17.9. The van der Waals surface area contributed by atoms with Crippen molar-refractivity contribution in [2.75, 3.05) is 6.61 Å². The molecule has 0 bridgehead atoms. The third-order valence-corrected chi connectivity index (χ3v) is 3.59. The van der Waals surface area contributed by atoms with Crippen LogP contribution in [-0.2, 0) is 11.2 Å². The molecule has 0 atom stereocenters. The molecule has 0 aliphatic heterocycles. The summed E-state index contributed by atoms with van der Waals surface area (Å²) in [5.74, 6) is 0.400. The predicted octanol–water partition coefficient (Wildman–Crippen LogP) is 3.47. The van der Waals surface area contributed by atoms with Gasteiger partial charge in [0.05, 0.1) is 19.1 Å². The Hall–Kier alpha value is -2.84. The molecule has 0 saturated heterocycles. The van der Waals surface area contributed by atoms with E-state index < -0.39 is 0 Å². The molecule has 2 rings (SSSR count). The van der Waals surface area contributed by atoms with Crippen molar-refractivity contribution in [3.8, 4) is 22.9 Å². The molecule has 0 saturated carbocycles. The molecular formula is C19H20N2O3. The average molecular weight is 324 g/mol. The summed E-state index contributed by atoms with van der Waals surface area (Å²) in [5.41, 5.74) is 4.76. The van der Waals surface area contributed by atoms with Crippen molar-refractivity contribution in [3.63, 3.8) is 0 Å². The molecule has 124 valence electrons. The first-order valence-corrected chi connectivity index (χ1v) is 7.85. The number of hydroxylamine groups is 1. The van der Waals surface area contributed by atoms with Crippen molar-refractivity contribution < 1.29 is 14.7 Å². The molecule has 5 heteroatoms. The maximum absolute atomic E-state index is 10.9. The van der Waals surface area contributed by atoms with E-state index in [1.54, 1.807) is 5.48 Å². The van der Waals surface area contributed by atoms with Gasteiger partial charge in [-0.05, 0) is 41.7 Å². The fourth-order valence-electron chi connectivity index (χ4n) is 2.33. The number of nitriles is 1. The number of carbonyl (C=O) groups excluding carboxylic acids is 1. The molecule has 24 heavy (non-hydrogen) atoms. The number of rotatable bonds is 8. The van der Waals surface area contributed by atoms with E-state index in [-0.39, 0.29) is 12.3 Å². The molecule has 0 aliphatic carbocycles. The van der Waals surface area contributed by atoms with Gasteiger partial charge in [0.25, 0.3) is 0 Å². The molecule has 0 spiro atoms. The molecule has 1 amide bonds. The van der Waals surface area contributed by atoms with Crippen LogP contribution in [0, 0.1) is 11.3 Å². The van der Waals surface area contributed by atoms with E-state index in [0.717, 1.165) is 28.9 Å². The van der Waals surface area contributed by atoms with Gasteiger partial charge in [-0.3, -0.25) is 10.0 Å². The van der Waals surface area contributed by atoms with Gasteiger partial charge in [-0.25, -0.2) is 5.48 Å². The first-order chi connectivity index (χ1) is 11.7. The number of hydrogen-bond acceptors (Lipinski definition) is 4. The van der Waals surface area contributed by atoms with Crippen molar-refractivity contribution in [2.45, 2.75) is 25.7 Å². The second kappa shape index (κ2) is 9.33. The fraction of sp³-hybridized carbons (Fsp3) is 0.263. The van der Waals surface area contributed by atoms with Crippen LogP contribution < -0.4 is 10.2 Å². The number of hydrogen-bond donors (Lipinski definition) is 2. The summed E-state index contributed by atoms with van der Waals surface area (Å²) in [7, 11) is 0. The molecule has 2 aromatic rings. The Balaban J connectivity index is 1.86. The van der Waals surface area contributed by atoms with Crippen LogP contribution in [0.25, 0.3) is 11.1 Å². The zero-order chi connectivity index (χ0) is 17.2. The minimum absolute atomic E-state index is 0.290. The van der Waals surface area contributed by atoms with E-state index in [4.69, 9.17) is 15.2 Å². The van der Waals surface area contributed by atoms with Crippen LogP contribution in [0.1, 0.15) is 24.8 Å². The van der Waals surface area contributed by atoms with E-state index in [0.29, 0.717) is 19.4 Å². The number of ether oxygens (including phenoxy) is 1. The monoisotopic (exact) mass is 324 g/mol. The molecule has 0 aliphatic rings. The first-order valence-electron chi connectivity index (χ1n) is 7.85. The zero-order valence-electron chi connectivity index (χ0n) is 13.4. The van der Waals surface area contributed by atoms with E-state index in [9.17, 15) is 4.79 Å². The summed E-state index contributed by atoms with van der Waals surface area (Å²) in [5, 5.41) is 17.2. The van der Waals surface area contributed by atoms with E-state index >= 15 is 0 Å². The van der Waals surface area contributed by atoms with Crippen molar-refractivity contribution in [3.05, 3.63) is 54.1 Å². The van der Waals surface area contributed by atoms with Gasteiger partial charge < -0.3 is 4.74 Å². The van der Waals surface area contributed by atoms with Crippen LogP contribution in [0.5, 0.6) is 5.75 Å². The third kappa shape index (κ3) is 5.41. The number of nitrogens with one attached hydrogen (secondary N) is 1. The molecule has 0 fully saturated rings. The summed E-state index contributed by atoms with van der Waals surface area (Å²) in [6.45, 7) is 0.524. The maximum atomic E-state index is 10.9. The van der Waals surface area contributed by atoms with E-state index in [2.05, 4.69) is 6.07 Å². The smallest absolute Gasteiger partial charge is 0.243 e. The molecular weight excluding hydrogens is 304 g/mol. The van der Waals surface area contributed by atoms with Gasteiger partial charge >= 0.3 is 0 Å². The summed E-state index contributed by atoms with van der Waals surface area (Å²) in [4.78, 5) is 10.9. The number of amides is 1. The molecule has 0 radical (unpaired) electrons. The quantitative estimate of drug-likeness (QED) is 0.442. The Labute approximate surface area is 141 Å². The van der Waals surface area contributed by atoms with Crippen molar-refractivity contribution >= 4 is 5.91 Å². The number of nitrogens with zero attached hydrogens (tertiary/aromatic N) is 1. The van der Waals surface area contributed by atoms with Crippen molar-refractivity contribution in [1.82, 2.24) is 5.48 Å². The van der Waals surface area contributed by atoms with Crippen LogP contribution in [-0.4, -0.2) is 17.7 Å². The summed E-state index contributed by atoms with van der Waals surface area (Å²) < 4.78 is 5.64. The Morgan fingerprint density at radius 1 is 1.12 bits per heavy atom. The molecule has 0 aromatic heterocycles. The topological polar surface area (TPSA) is 82.3 Å². The SMILES string of the molecule is N#CCc1cccc(-c2ccc(OCCCCC(=O)NO)cc2)c1. The number of benzene rings is 2. The lowest BCUT2D eigenvalue weighted by atomic mass is 10.0. The fourth-order valence-corrected chi connectivity index (χ4v) is 2.33. The highest BCUT2D eigenvalue weighted by Crippen LogP contribution is 2.23. The van der Waals surface area contributed by atoms with Gasteiger partial charge in [0.2, 0.25) is 5.91 Å². The Morgan fingerprint density at radius 2 is 1.92 bits per heavy atom. The highest BCUT2D eigenvalue weighted by atomic mass is 16.5. The summed E-state index contributed by atoms with van der Waals surface area (Å²) >= 11 is 0. The zero-order valence-corrected chi connectivity index (χ0v) is 13.4. The van der Waals surface area contributed by atoms with Gasteiger partial charge in [-0.15, -0.1) is 0 Å². The van der Waals surface area contributed by atoms with Gasteiger partial charge in [-0.2, -0.15) is 5.26 Å².